The Morgan fingerprint density at radius 2 is 1.77 bits per heavy atom. The zero-order valence-electron chi connectivity index (χ0n) is 17.6. The van der Waals surface area contributed by atoms with Gasteiger partial charge >= 0.3 is 6.09 Å². The highest BCUT2D eigenvalue weighted by Gasteiger charge is 2.24. The summed E-state index contributed by atoms with van der Waals surface area (Å²) in [6.07, 6.45) is -0.686. The van der Waals surface area contributed by atoms with Gasteiger partial charge in [-0.15, -0.1) is 0 Å². The molecule has 2 rings (SSSR count). The number of alkyl carbamates (subject to hydrolysis) is 1. The molecule has 0 aliphatic carbocycles. The number of aliphatic hydroxyl groups excluding tert-OH is 1. The molecule has 8 nitrogen and oxygen atoms in total. The molecule has 2 aromatic carbocycles. The molecule has 9 heteroatoms. The Labute approximate surface area is 179 Å². The topological polar surface area (TPSA) is 131 Å². The van der Waals surface area contributed by atoms with Crippen molar-refractivity contribution in [3.05, 3.63) is 65.0 Å². The van der Waals surface area contributed by atoms with Gasteiger partial charge in [-0.05, 0) is 50.1 Å². The van der Waals surface area contributed by atoms with Gasteiger partial charge < -0.3 is 26.2 Å². The number of aliphatic hydroxyl groups is 1. The third kappa shape index (κ3) is 7.07. The van der Waals surface area contributed by atoms with E-state index in [2.05, 4.69) is 10.6 Å². The van der Waals surface area contributed by atoms with Gasteiger partial charge in [0.15, 0.2) is 0 Å². The second kappa shape index (κ2) is 10.0. The van der Waals surface area contributed by atoms with E-state index in [1.54, 1.807) is 45.0 Å². The second-order valence-corrected chi connectivity index (χ2v) is 7.88. The van der Waals surface area contributed by atoms with Gasteiger partial charge in [-0.3, -0.25) is 9.59 Å². The van der Waals surface area contributed by atoms with E-state index in [9.17, 15) is 23.9 Å². The molecule has 0 aliphatic rings. The van der Waals surface area contributed by atoms with E-state index in [-0.39, 0.29) is 24.4 Å². The number of halogens is 1. The Morgan fingerprint density at radius 3 is 2.29 bits per heavy atom. The number of carbonyl (C=O) groups excluding carboxylic acids is 3. The fourth-order valence-corrected chi connectivity index (χ4v) is 2.74. The van der Waals surface area contributed by atoms with Gasteiger partial charge in [0, 0.05) is 12.2 Å². The van der Waals surface area contributed by atoms with E-state index in [1.807, 2.05) is 0 Å². The van der Waals surface area contributed by atoms with E-state index in [0.717, 1.165) is 6.07 Å². The molecule has 0 fully saturated rings. The molecule has 0 spiro atoms. The minimum Gasteiger partial charge on any atom is -0.444 e. The Morgan fingerprint density at radius 1 is 1.13 bits per heavy atom. The molecule has 166 valence electrons. The van der Waals surface area contributed by atoms with Crippen LogP contribution in [0, 0.1) is 5.82 Å². The summed E-state index contributed by atoms with van der Waals surface area (Å²) in [5, 5.41) is 14.4. The molecular formula is C22H26FN3O5. The van der Waals surface area contributed by atoms with Crippen LogP contribution in [0.4, 0.5) is 14.9 Å². The van der Waals surface area contributed by atoms with Crippen LogP contribution in [-0.2, 0) is 16.1 Å². The molecule has 3 amide bonds. The maximum absolute atomic E-state index is 14.0. The molecular weight excluding hydrogens is 405 g/mol. The van der Waals surface area contributed by atoms with Gasteiger partial charge in [-0.1, -0.05) is 24.3 Å². The van der Waals surface area contributed by atoms with Crippen LogP contribution in [0.25, 0.3) is 0 Å². The lowest BCUT2D eigenvalue weighted by atomic mass is 9.96. The molecule has 31 heavy (non-hydrogen) atoms. The first-order valence-corrected chi connectivity index (χ1v) is 9.57. The Kier molecular flexibility index (Phi) is 7.71. The number of primary amides is 1. The minimum absolute atomic E-state index is 0.0823. The van der Waals surface area contributed by atoms with Crippen molar-refractivity contribution in [1.29, 1.82) is 0 Å². The first kappa shape index (κ1) is 23.8. The number of hydrogen-bond acceptors (Lipinski definition) is 5. The SMILES string of the molecule is CC(C)(C)OC(=O)NCC(C(=O)Nc1ccc(C(N)=O)c(F)c1)c1ccc(CO)cc1. The Balaban J connectivity index is 2.21. The normalized spacial score (nSPS) is 12.0. The first-order chi connectivity index (χ1) is 14.5. The highest BCUT2D eigenvalue weighted by molar-refractivity contribution is 5.97. The van der Waals surface area contributed by atoms with Crippen LogP contribution in [-0.4, -0.2) is 35.2 Å². The maximum Gasteiger partial charge on any atom is 0.407 e. The zero-order chi connectivity index (χ0) is 23.2. The maximum atomic E-state index is 14.0. The van der Waals surface area contributed by atoms with Gasteiger partial charge in [0.05, 0.1) is 18.1 Å². The van der Waals surface area contributed by atoms with Gasteiger partial charge in [0.25, 0.3) is 5.91 Å². The van der Waals surface area contributed by atoms with E-state index >= 15 is 0 Å². The summed E-state index contributed by atoms with van der Waals surface area (Å²) in [6.45, 7) is 4.91. The molecule has 1 atom stereocenters. The van der Waals surface area contributed by atoms with E-state index in [0.29, 0.717) is 11.1 Å². The summed E-state index contributed by atoms with van der Waals surface area (Å²) in [6, 6.07) is 10.2. The third-order valence-electron chi connectivity index (χ3n) is 4.23. The monoisotopic (exact) mass is 431 g/mol. The summed E-state index contributed by atoms with van der Waals surface area (Å²) in [5.74, 6) is -3.13. The van der Waals surface area contributed by atoms with Crippen molar-refractivity contribution < 1.29 is 28.6 Å². The fraction of sp³-hybridized carbons (Fsp3) is 0.318. The summed E-state index contributed by atoms with van der Waals surface area (Å²) >= 11 is 0. The molecule has 0 saturated carbocycles. The molecule has 1 unspecified atom stereocenters. The van der Waals surface area contributed by atoms with Crippen LogP contribution in [0.3, 0.4) is 0 Å². The van der Waals surface area contributed by atoms with Crippen LogP contribution < -0.4 is 16.4 Å². The molecule has 0 radical (unpaired) electrons. The van der Waals surface area contributed by atoms with Gasteiger partial charge in [-0.25, -0.2) is 9.18 Å². The van der Waals surface area contributed by atoms with E-state index < -0.39 is 35.2 Å². The van der Waals surface area contributed by atoms with Gasteiger partial charge in [0.1, 0.15) is 11.4 Å². The number of hydrogen-bond donors (Lipinski definition) is 4. The van der Waals surface area contributed by atoms with Crippen molar-refractivity contribution in [2.45, 2.75) is 38.9 Å². The van der Waals surface area contributed by atoms with Crippen LogP contribution in [0.5, 0.6) is 0 Å². The number of rotatable bonds is 7. The number of nitrogens with one attached hydrogen (secondary N) is 2. The highest BCUT2D eigenvalue weighted by atomic mass is 19.1. The van der Waals surface area contributed by atoms with Crippen molar-refractivity contribution in [2.75, 3.05) is 11.9 Å². The molecule has 0 aromatic heterocycles. The predicted octanol–water partition coefficient (Wildman–Crippen LogP) is 2.66. The van der Waals surface area contributed by atoms with Crippen LogP contribution in [0.15, 0.2) is 42.5 Å². The lowest BCUT2D eigenvalue weighted by Gasteiger charge is -2.22. The second-order valence-electron chi connectivity index (χ2n) is 7.88. The van der Waals surface area contributed by atoms with Crippen molar-refractivity contribution in [1.82, 2.24) is 5.32 Å². The largest absolute Gasteiger partial charge is 0.444 e. The van der Waals surface area contributed by atoms with Crippen LogP contribution in [0.2, 0.25) is 0 Å². The fourth-order valence-electron chi connectivity index (χ4n) is 2.74. The number of amides is 3. The number of ether oxygens (including phenoxy) is 1. The number of nitrogens with two attached hydrogens (primary N) is 1. The number of carbonyl (C=O) groups is 3. The molecule has 0 heterocycles. The summed E-state index contributed by atoms with van der Waals surface area (Å²) in [5.41, 5.74) is 5.45. The van der Waals surface area contributed by atoms with Crippen molar-refractivity contribution in [3.8, 4) is 0 Å². The lowest BCUT2D eigenvalue weighted by molar-refractivity contribution is -0.117. The van der Waals surface area contributed by atoms with E-state index in [1.165, 1.54) is 12.1 Å². The third-order valence-corrected chi connectivity index (χ3v) is 4.23. The standard InChI is InChI=1S/C22H26FN3O5/c1-22(2,3)31-21(30)25-11-17(14-6-4-13(12-27)5-7-14)20(29)26-15-8-9-16(19(24)28)18(23)10-15/h4-10,17,27H,11-12H2,1-3H3,(H2,24,28)(H,25,30)(H,26,29). The number of anilines is 1. The molecule has 2 aromatic rings. The first-order valence-electron chi connectivity index (χ1n) is 9.57. The van der Waals surface area contributed by atoms with Crippen molar-refractivity contribution in [2.24, 2.45) is 5.73 Å². The quantitative estimate of drug-likeness (QED) is 0.535. The van der Waals surface area contributed by atoms with Crippen molar-refractivity contribution in [3.63, 3.8) is 0 Å². The highest BCUT2D eigenvalue weighted by Crippen LogP contribution is 2.21. The molecule has 0 bridgehead atoms. The summed E-state index contributed by atoms with van der Waals surface area (Å²) in [4.78, 5) is 36.1. The lowest BCUT2D eigenvalue weighted by Crippen LogP contribution is -2.37. The van der Waals surface area contributed by atoms with Gasteiger partial charge in [-0.2, -0.15) is 0 Å². The average molecular weight is 431 g/mol. The summed E-state index contributed by atoms with van der Waals surface area (Å²) in [7, 11) is 0. The molecule has 5 N–H and O–H groups in total. The predicted molar refractivity (Wildman–Crippen MR) is 113 cm³/mol. The van der Waals surface area contributed by atoms with Gasteiger partial charge in [0.2, 0.25) is 5.91 Å². The minimum atomic E-state index is -0.918. The van der Waals surface area contributed by atoms with Crippen LogP contribution >= 0.6 is 0 Å². The number of benzene rings is 2. The summed E-state index contributed by atoms with van der Waals surface area (Å²) < 4.78 is 19.2. The van der Waals surface area contributed by atoms with Crippen molar-refractivity contribution >= 4 is 23.6 Å². The average Bonchev–Trinajstić information content (AvgIpc) is 2.67. The molecule has 0 saturated heterocycles. The molecule has 0 aliphatic heterocycles. The zero-order valence-corrected chi connectivity index (χ0v) is 17.6. The Hall–Kier alpha value is -3.46. The smallest absolute Gasteiger partial charge is 0.407 e. The van der Waals surface area contributed by atoms with Crippen LogP contribution in [0.1, 0.15) is 48.2 Å². The Bertz CT molecular complexity index is 955. The van der Waals surface area contributed by atoms with E-state index in [4.69, 9.17) is 10.5 Å².